The van der Waals surface area contributed by atoms with Crippen molar-refractivity contribution in [3.8, 4) is 0 Å². The molecule has 5 rings (SSSR count). The first kappa shape index (κ1) is 20.5. The minimum atomic E-state index is -0.551. The van der Waals surface area contributed by atoms with Crippen molar-refractivity contribution in [1.29, 1.82) is 0 Å². The van der Waals surface area contributed by atoms with Crippen molar-refractivity contribution in [3.05, 3.63) is 59.9 Å². The fraction of sp³-hybridized carbons (Fsp3) is 0.375. The maximum Gasteiger partial charge on any atom is 0.328 e. The minimum absolute atomic E-state index is 0.215. The number of likely N-dealkylation sites (N-methyl/N-ethyl adjacent to an activating group) is 1. The van der Waals surface area contributed by atoms with Crippen LogP contribution in [0.15, 0.2) is 59.4 Å². The van der Waals surface area contributed by atoms with Gasteiger partial charge in [-0.05, 0) is 29.7 Å². The lowest BCUT2D eigenvalue weighted by atomic mass is 10.0. The molecule has 2 unspecified atom stereocenters. The molecule has 1 fully saturated rings. The Morgan fingerprint density at radius 1 is 1.06 bits per heavy atom. The van der Waals surface area contributed by atoms with Gasteiger partial charge >= 0.3 is 6.03 Å². The van der Waals surface area contributed by atoms with Crippen LogP contribution < -0.4 is 0 Å². The van der Waals surface area contributed by atoms with Crippen LogP contribution in [0.5, 0.6) is 0 Å². The Morgan fingerprint density at radius 3 is 2.66 bits per heavy atom. The lowest BCUT2D eigenvalue weighted by molar-refractivity contribution is -0.137. The molecular formula is C24H27N5O3. The molecular weight excluding hydrogens is 406 g/mol. The standard InChI is InChI=1S/C24H27N5O3/c1-16-14-28-20-21(25-23(28)27(16)12-7-13-32-3)26(2)24(31)29(22(20)30)15-18-10-6-9-17-8-4-5-11-19(17)18/h4-6,8-11,14,20-21H,7,12-13,15H2,1-3H3. The Labute approximate surface area is 187 Å². The SMILES string of the molecule is COCCCN1C(C)=CN2C1=NC1C2C(=O)N(Cc2cccc3ccccc23)C(=O)N1C. The van der Waals surface area contributed by atoms with E-state index in [0.29, 0.717) is 6.61 Å². The van der Waals surface area contributed by atoms with E-state index in [-0.39, 0.29) is 18.5 Å². The fourth-order valence-corrected chi connectivity index (χ4v) is 4.79. The number of carbonyl (C=O) groups excluding carboxylic acids is 2. The molecule has 3 aliphatic rings. The average molecular weight is 434 g/mol. The van der Waals surface area contributed by atoms with Crippen molar-refractivity contribution < 1.29 is 14.3 Å². The van der Waals surface area contributed by atoms with Crippen molar-refractivity contribution in [2.24, 2.45) is 4.99 Å². The van der Waals surface area contributed by atoms with Gasteiger partial charge in [0, 0.05) is 39.2 Å². The number of guanidine groups is 1. The van der Waals surface area contributed by atoms with E-state index in [0.717, 1.165) is 41.0 Å². The summed E-state index contributed by atoms with van der Waals surface area (Å²) in [7, 11) is 3.41. The summed E-state index contributed by atoms with van der Waals surface area (Å²) in [5, 5.41) is 2.13. The molecule has 8 nitrogen and oxygen atoms in total. The van der Waals surface area contributed by atoms with E-state index >= 15 is 0 Å². The number of rotatable bonds is 6. The molecule has 1 saturated heterocycles. The van der Waals surface area contributed by atoms with Crippen molar-refractivity contribution >= 4 is 28.7 Å². The molecule has 2 aromatic rings. The third kappa shape index (κ3) is 3.14. The number of imide groups is 1. The summed E-state index contributed by atoms with van der Waals surface area (Å²) < 4.78 is 5.18. The molecule has 0 aliphatic carbocycles. The van der Waals surface area contributed by atoms with E-state index in [1.54, 1.807) is 19.1 Å². The molecule has 0 spiro atoms. The maximum absolute atomic E-state index is 13.6. The Hall–Kier alpha value is -3.39. The Morgan fingerprint density at radius 2 is 1.84 bits per heavy atom. The van der Waals surface area contributed by atoms with Crippen molar-refractivity contribution in [2.45, 2.75) is 32.1 Å². The number of fused-ring (bicyclic) bond motifs is 4. The van der Waals surface area contributed by atoms with Gasteiger partial charge in [0.2, 0.25) is 5.96 Å². The Balaban J connectivity index is 1.43. The second-order valence-electron chi connectivity index (χ2n) is 8.42. The summed E-state index contributed by atoms with van der Waals surface area (Å²) in [4.78, 5) is 38.6. The largest absolute Gasteiger partial charge is 0.385 e. The van der Waals surface area contributed by atoms with Crippen LogP contribution in [0.1, 0.15) is 18.9 Å². The first-order valence-electron chi connectivity index (χ1n) is 10.9. The van der Waals surface area contributed by atoms with Crippen molar-refractivity contribution in [1.82, 2.24) is 19.6 Å². The number of carbonyl (C=O) groups is 2. The number of amides is 3. The lowest BCUT2D eigenvalue weighted by Gasteiger charge is -2.40. The minimum Gasteiger partial charge on any atom is -0.385 e. The zero-order valence-electron chi connectivity index (χ0n) is 18.6. The summed E-state index contributed by atoms with van der Waals surface area (Å²) in [6.45, 7) is 3.64. The van der Waals surface area contributed by atoms with Crippen LogP contribution in [0.3, 0.4) is 0 Å². The van der Waals surface area contributed by atoms with Gasteiger partial charge < -0.3 is 19.4 Å². The predicted octanol–water partition coefficient (Wildman–Crippen LogP) is 2.81. The normalized spacial score (nSPS) is 22.5. The summed E-state index contributed by atoms with van der Waals surface area (Å²) >= 11 is 0. The van der Waals surface area contributed by atoms with Crippen LogP contribution in [0.2, 0.25) is 0 Å². The highest BCUT2D eigenvalue weighted by Crippen LogP contribution is 2.35. The molecule has 2 aromatic carbocycles. The molecule has 0 N–H and O–H groups in total. The van der Waals surface area contributed by atoms with Crippen molar-refractivity contribution in [3.63, 3.8) is 0 Å². The third-order valence-corrected chi connectivity index (χ3v) is 6.44. The molecule has 3 amide bonds. The molecule has 3 heterocycles. The van der Waals surface area contributed by atoms with E-state index in [9.17, 15) is 9.59 Å². The molecule has 166 valence electrons. The van der Waals surface area contributed by atoms with E-state index in [4.69, 9.17) is 9.73 Å². The monoisotopic (exact) mass is 433 g/mol. The number of nitrogens with zero attached hydrogens (tertiary/aromatic N) is 5. The first-order chi connectivity index (χ1) is 15.5. The summed E-state index contributed by atoms with van der Waals surface area (Å²) in [6.07, 6.45) is 2.29. The number of ether oxygens (including phenoxy) is 1. The number of hydrogen-bond donors (Lipinski definition) is 0. The topological polar surface area (TPSA) is 68.7 Å². The van der Waals surface area contributed by atoms with E-state index in [2.05, 4.69) is 4.90 Å². The smallest absolute Gasteiger partial charge is 0.328 e. The molecule has 8 heteroatoms. The van der Waals surface area contributed by atoms with Gasteiger partial charge in [0.15, 0.2) is 12.2 Å². The van der Waals surface area contributed by atoms with Gasteiger partial charge in [-0.15, -0.1) is 0 Å². The highest BCUT2D eigenvalue weighted by atomic mass is 16.5. The summed E-state index contributed by atoms with van der Waals surface area (Å²) in [6, 6.07) is 13.1. The highest BCUT2D eigenvalue weighted by Gasteiger charge is 2.54. The number of aliphatic imine (C=N–C) groups is 1. The Kier molecular flexibility index (Phi) is 5.09. The van der Waals surface area contributed by atoms with Crippen LogP contribution in [-0.4, -0.2) is 77.0 Å². The molecule has 0 aromatic heterocycles. The quantitative estimate of drug-likeness (QED) is 0.656. The van der Waals surface area contributed by atoms with E-state index < -0.39 is 12.2 Å². The number of methoxy groups -OCH3 is 1. The highest BCUT2D eigenvalue weighted by molar-refractivity contribution is 6.05. The molecule has 0 bridgehead atoms. The molecule has 0 radical (unpaired) electrons. The number of urea groups is 1. The van der Waals surface area contributed by atoms with Gasteiger partial charge in [-0.1, -0.05) is 42.5 Å². The van der Waals surface area contributed by atoms with Crippen LogP contribution in [0.25, 0.3) is 10.8 Å². The first-order valence-corrected chi connectivity index (χ1v) is 10.9. The van der Waals surface area contributed by atoms with Crippen molar-refractivity contribution in [2.75, 3.05) is 27.3 Å². The molecule has 32 heavy (non-hydrogen) atoms. The number of allylic oxidation sites excluding steroid dienone is 1. The van der Waals surface area contributed by atoms with E-state index in [1.807, 2.05) is 60.5 Å². The zero-order valence-corrected chi connectivity index (χ0v) is 18.6. The van der Waals surface area contributed by atoms with Gasteiger partial charge in [-0.25, -0.2) is 9.79 Å². The van der Waals surface area contributed by atoms with Crippen LogP contribution >= 0.6 is 0 Å². The second-order valence-corrected chi connectivity index (χ2v) is 8.42. The number of benzene rings is 2. The molecule has 0 saturated carbocycles. The van der Waals surface area contributed by atoms with Gasteiger partial charge in [0.1, 0.15) is 0 Å². The third-order valence-electron chi connectivity index (χ3n) is 6.44. The van der Waals surface area contributed by atoms with Crippen LogP contribution in [0, 0.1) is 0 Å². The number of hydrogen-bond acceptors (Lipinski definition) is 6. The second kappa shape index (κ2) is 7.94. The zero-order chi connectivity index (χ0) is 22.4. The van der Waals surface area contributed by atoms with Gasteiger partial charge in [-0.3, -0.25) is 9.69 Å². The predicted molar refractivity (Wildman–Crippen MR) is 121 cm³/mol. The molecule has 2 atom stereocenters. The van der Waals surface area contributed by atoms with E-state index in [1.165, 1.54) is 4.90 Å². The fourth-order valence-electron chi connectivity index (χ4n) is 4.79. The lowest BCUT2D eigenvalue weighted by Crippen LogP contribution is -2.63. The van der Waals surface area contributed by atoms with Gasteiger partial charge in [0.25, 0.3) is 5.91 Å². The summed E-state index contributed by atoms with van der Waals surface area (Å²) in [5.41, 5.74) is 1.98. The average Bonchev–Trinajstić information content (AvgIpc) is 3.31. The van der Waals surface area contributed by atoms with Gasteiger partial charge in [0.05, 0.1) is 6.54 Å². The van der Waals surface area contributed by atoms with Crippen LogP contribution in [-0.2, 0) is 16.1 Å². The van der Waals surface area contributed by atoms with Crippen LogP contribution in [0.4, 0.5) is 4.79 Å². The van der Waals surface area contributed by atoms with Gasteiger partial charge in [-0.2, -0.15) is 0 Å². The molecule has 3 aliphatic heterocycles. The maximum atomic E-state index is 13.6. The Bertz CT molecular complexity index is 1140. The summed E-state index contributed by atoms with van der Waals surface area (Å²) in [5.74, 6) is 0.515.